The maximum absolute atomic E-state index is 12.9. The van der Waals surface area contributed by atoms with Crippen LogP contribution >= 0.6 is 11.3 Å². The first-order valence-corrected chi connectivity index (χ1v) is 11.8. The number of rotatable bonds is 5. The van der Waals surface area contributed by atoms with Crippen molar-refractivity contribution in [1.82, 2.24) is 24.7 Å². The van der Waals surface area contributed by atoms with Gasteiger partial charge in [-0.25, -0.2) is 9.97 Å². The lowest BCUT2D eigenvalue weighted by Crippen LogP contribution is -2.53. The highest BCUT2D eigenvalue weighted by atomic mass is 32.1. The molecule has 0 atom stereocenters. The van der Waals surface area contributed by atoms with Gasteiger partial charge in [0.1, 0.15) is 17.0 Å². The van der Waals surface area contributed by atoms with Crippen LogP contribution < -0.4 is 4.90 Å². The Morgan fingerprint density at radius 2 is 1.61 bits per heavy atom. The molecule has 2 saturated heterocycles. The summed E-state index contributed by atoms with van der Waals surface area (Å²) in [4.78, 5) is 31.8. The van der Waals surface area contributed by atoms with Crippen LogP contribution in [0.1, 0.15) is 5.56 Å². The summed E-state index contributed by atoms with van der Waals surface area (Å²) in [5.41, 5.74) is 1.34. The second-order valence-electron chi connectivity index (χ2n) is 8.24. The van der Waals surface area contributed by atoms with E-state index in [9.17, 15) is 4.79 Å². The number of fused-ring (bicyclic) bond motifs is 1. The first-order chi connectivity index (χ1) is 15.3. The Morgan fingerprint density at radius 3 is 2.39 bits per heavy atom. The van der Waals surface area contributed by atoms with Gasteiger partial charge in [-0.1, -0.05) is 30.3 Å². The van der Waals surface area contributed by atoms with E-state index in [1.165, 1.54) is 5.56 Å². The topological polar surface area (TPSA) is 55.8 Å². The highest BCUT2D eigenvalue weighted by molar-refractivity contribution is 7.16. The van der Waals surface area contributed by atoms with Gasteiger partial charge in [0, 0.05) is 58.9 Å². The second kappa shape index (κ2) is 9.30. The Bertz CT molecular complexity index is 1010. The zero-order valence-electron chi connectivity index (χ0n) is 17.7. The van der Waals surface area contributed by atoms with E-state index >= 15 is 0 Å². The molecule has 0 unspecified atom stereocenters. The molecule has 162 valence electrons. The Labute approximate surface area is 186 Å². The largest absolute Gasteiger partial charge is 0.353 e. The second-order valence-corrected chi connectivity index (χ2v) is 9.14. The monoisotopic (exact) mass is 436 g/mol. The van der Waals surface area contributed by atoms with E-state index in [2.05, 4.69) is 66.4 Å². The fraction of sp³-hybridized carbons (Fsp3) is 0.435. The van der Waals surface area contributed by atoms with Gasteiger partial charge < -0.3 is 9.80 Å². The Balaban J connectivity index is 1.09. The van der Waals surface area contributed by atoms with Crippen LogP contribution in [0.2, 0.25) is 0 Å². The number of carbonyl (C=O) groups is 1. The van der Waals surface area contributed by atoms with Crippen molar-refractivity contribution < 1.29 is 4.79 Å². The predicted octanol–water partition coefficient (Wildman–Crippen LogP) is 2.16. The van der Waals surface area contributed by atoms with Crippen LogP contribution in [0.5, 0.6) is 0 Å². The summed E-state index contributed by atoms with van der Waals surface area (Å²) in [6.45, 7) is 8.56. The van der Waals surface area contributed by atoms with Crippen molar-refractivity contribution in [2.45, 2.75) is 6.54 Å². The van der Waals surface area contributed by atoms with Gasteiger partial charge in [-0.3, -0.25) is 14.6 Å². The van der Waals surface area contributed by atoms with Gasteiger partial charge in [0.25, 0.3) is 0 Å². The minimum absolute atomic E-state index is 0.259. The summed E-state index contributed by atoms with van der Waals surface area (Å²) in [6, 6.07) is 12.7. The average Bonchev–Trinajstić information content (AvgIpc) is 3.30. The van der Waals surface area contributed by atoms with Crippen LogP contribution in [0.25, 0.3) is 10.2 Å². The van der Waals surface area contributed by atoms with E-state index in [0.717, 1.165) is 74.9 Å². The van der Waals surface area contributed by atoms with Crippen molar-refractivity contribution in [1.29, 1.82) is 0 Å². The quantitative estimate of drug-likeness (QED) is 0.611. The molecule has 4 heterocycles. The molecule has 0 saturated carbocycles. The third-order valence-electron chi connectivity index (χ3n) is 6.25. The molecule has 0 radical (unpaired) electrons. The third kappa shape index (κ3) is 4.71. The van der Waals surface area contributed by atoms with E-state index in [4.69, 9.17) is 0 Å². The normalized spacial score (nSPS) is 18.6. The van der Waals surface area contributed by atoms with Crippen molar-refractivity contribution in [3.05, 3.63) is 53.7 Å². The third-order valence-corrected chi connectivity index (χ3v) is 7.07. The smallest absolute Gasteiger partial charge is 0.236 e. The summed E-state index contributed by atoms with van der Waals surface area (Å²) >= 11 is 1.65. The lowest BCUT2D eigenvalue weighted by atomic mass is 10.2. The molecule has 31 heavy (non-hydrogen) atoms. The minimum Gasteiger partial charge on any atom is -0.353 e. The van der Waals surface area contributed by atoms with E-state index in [0.29, 0.717) is 6.54 Å². The first-order valence-electron chi connectivity index (χ1n) is 11.0. The van der Waals surface area contributed by atoms with Crippen molar-refractivity contribution in [2.75, 3.05) is 63.8 Å². The van der Waals surface area contributed by atoms with Gasteiger partial charge in [-0.05, 0) is 17.0 Å². The van der Waals surface area contributed by atoms with Gasteiger partial charge in [0.2, 0.25) is 5.91 Å². The van der Waals surface area contributed by atoms with Crippen molar-refractivity contribution in [2.24, 2.45) is 0 Å². The molecular weight excluding hydrogens is 408 g/mol. The molecule has 2 aliphatic heterocycles. The first kappa shape index (κ1) is 20.4. The predicted molar refractivity (Wildman–Crippen MR) is 124 cm³/mol. The standard InChI is InChI=1S/C23H28N6OS/c30-21(28-11-7-26(8-12-28)16-19-4-2-1-3-5-19)17-27-9-13-29(14-10-27)22-20-6-15-31-23(20)25-18-24-22/h1-6,15,18H,7-14,16-17H2. The highest BCUT2D eigenvalue weighted by Crippen LogP contribution is 2.27. The number of nitrogens with zero attached hydrogens (tertiary/aromatic N) is 6. The zero-order valence-corrected chi connectivity index (χ0v) is 18.5. The molecule has 2 fully saturated rings. The lowest BCUT2D eigenvalue weighted by molar-refractivity contribution is -0.134. The van der Waals surface area contributed by atoms with Gasteiger partial charge in [-0.15, -0.1) is 11.3 Å². The SMILES string of the molecule is O=C(CN1CCN(c2ncnc3sccc23)CC1)N1CCN(Cc2ccccc2)CC1. The molecule has 0 spiro atoms. The maximum Gasteiger partial charge on any atom is 0.236 e. The summed E-state index contributed by atoms with van der Waals surface area (Å²) in [5, 5.41) is 3.20. The molecule has 0 bridgehead atoms. The van der Waals surface area contributed by atoms with Gasteiger partial charge in [0.05, 0.1) is 11.9 Å². The number of thiophene rings is 1. The van der Waals surface area contributed by atoms with E-state index in [1.807, 2.05) is 4.90 Å². The molecule has 2 aromatic heterocycles. The number of hydrogen-bond acceptors (Lipinski definition) is 7. The van der Waals surface area contributed by atoms with E-state index in [-0.39, 0.29) is 5.91 Å². The molecule has 0 aliphatic carbocycles. The van der Waals surface area contributed by atoms with Crippen LogP contribution in [-0.4, -0.2) is 89.5 Å². The van der Waals surface area contributed by atoms with Crippen LogP contribution in [0.3, 0.4) is 0 Å². The summed E-state index contributed by atoms with van der Waals surface area (Å²) < 4.78 is 0. The van der Waals surface area contributed by atoms with Crippen LogP contribution in [-0.2, 0) is 11.3 Å². The summed E-state index contributed by atoms with van der Waals surface area (Å²) in [5.74, 6) is 1.28. The van der Waals surface area contributed by atoms with Crippen molar-refractivity contribution >= 4 is 33.3 Å². The van der Waals surface area contributed by atoms with Gasteiger partial charge in [0.15, 0.2) is 0 Å². The molecule has 1 amide bonds. The molecule has 8 heteroatoms. The number of benzene rings is 1. The number of amides is 1. The molecule has 7 nitrogen and oxygen atoms in total. The molecule has 2 aliphatic rings. The Morgan fingerprint density at radius 1 is 0.871 bits per heavy atom. The van der Waals surface area contributed by atoms with Crippen molar-refractivity contribution in [3.63, 3.8) is 0 Å². The number of aromatic nitrogens is 2. The number of hydrogen-bond donors (Lipinski definition) is 0. The van der Waals surface area contributed by atoms with Crippen LogP contribution in [0.15, 0.2) is 48.1 Å². The summed E-state index contributed by atoms with van der Waals surface area (Å²) in [7, 11) is 0. The molecule has 3 aromatic rings. The van der Waals surface area contributed by atoms with E-state index in [1.54, 1.807) is 17.7 Å². The Hall–Kier alpha value is -2.55. The van der Waals surface area contributed by atoms with Gasteiger partial charge in [-0.2, -0.15) is 0 Å². The molecular formula is C23H28N6OS. The van der Waals surface area contributed by atoms with E-state index < -0.39 is 0 Å². The number of carbonyl (C=O) groups excluding carboxylic acids is 1. The summed E-state index contributed by atoms with van der Waals surface area (Å²) in [6.07, 6.45) is 1.65. The molecule has 0 N–H and O–H groups in total. The number of piperazine rings is 2. The van der Waals surface area contributed by atoms with Crippen LogP contribution in [0.4, 0.5) is 5.82 Å². The van der Waals surface area contributed by atoms with Gasteiger partial charge >= 0.3 is 0 Å². The van der Waals surface area contributed by atoms with Crippen LogP contribution in [0, 0.1) is 0 Å². The fourth-order valence-electron chi connectivity index (χ4n) is 4.44. The number of anilines is 1. The zero-order chi connectivity index (χ0) is 21.0. The maximum atomic E-state index is 12.9. The Kier molecular flexibility index (Phi) is 6.11. The van der Waals surface area contributed by atoms with Crippen molar-refractivity contribution in [3.8, 4) is 0 Å². The molecule has 5 rings (SSSR count). The average molecular weight is 437 g/mol. The fourth-order valence-corrected chi connectivity index (χ4v) is 5.16. The lowest BCUT2D eigenvalue weighted by Gasteiger charge is -2.38. The highest BCUT2D eigenvalue weighted by Gasteiger charge is 2.25. The molecule has 1 aromatic carbocycles. The minimum atomic E-state index is 0.259.